The first-order chi connectivity index (χ1) is 23.7. The summed E-state index contributed by atoms with van der Waals surface area (Å²) in [5, 5.41) is 9.53. The molecule has 2 aliphatic rings. The van der Waals surface area contributed by atoms with Crippen LogP contribution in [0.4, 0.5) is 9.59 Å². The first-order valence-electron chi connectivity index (χ1n) is 17.9. The van der Waals surface area contributed by atoms with Crippen molar-refractivity contribution in [3.05, 3.63) is 59.7 Å². The molecule has 0 radical (unpaired) electrons. The van der Waals surface area contributed by atoms with E-state index in [1.54, 1.807) is 16.7 Å². The zero-order valence-corrected chi connectivity index (χ0v) is 32.5. The van der Waals surface area contributed by atoms with Crippen LogP contribution in [0.1, 0.15) is 86.3 Å². The lowest BCUT2D eigenvalue weighted by atomic mass is 9.86. The molecule has 0 aliphatic carbocycles. The van der Waals surface area contributed by atoms with Crippen LogP contribution in [0, 0.1) is 23.7 Å². The van der Waals surface area contributed by atoms with E-state index < -0.39 is 34.7 Å². The number of ether oxygens (including phenoxy) is 3. The van der Waals surface area contributed by atoms with Crippen molar-refractivity contribution in [2.45, 2.75) is 115 Å². The Hall–Kier alpha value is -3.73. The Balaban J connectivity index is 1.50. The number of carboxylic acid groups (broad SMARTS) is 1. The second-order valence-corrected chi connectivity index (χ2v) is 18.0. The van der Waals surface area contributed by atoms with Gasteiger partial charge in [0.15, 0.2) is 0 Å². The van der Waals surface area contributed by atoms with Crippen LogP contribution < -0.4 is 0 Å². The molecule has 2 aromatic carbocycles. The van der Waals surface area contributed by atoms with E-state index in [2.05, 4.69) is 12.1 Å². The molecular weight excluding hydrogens is 669 g/mol. The van der Waals surface area contributed by atoms with Crippen molar-refractivity contribution < 1.29 is 38.5 Å². The van der Waals surface area contributed by atoms with Gasteiger partial charge < -0.3 is 29.1 Å². The van der Waals surface area contributed by atoms with Gasteiger partial charge in [-0.25, -0.2) is 9.59 Å². The number of esters is 2. The van der Waals surface area contributed by atoms with Crippen molar-refractivity contribution in [1.29, 1.82) is 0 Å². The smallest absolute Gasteiger partial charge is 0.410 e. The number of hydrogen-bond acceptors (Lipinski definition) is 8. The summed E-state index contributed by atoms with van der Waals surface area (Å²) in [6.07, 6.45) is 0.885. The third-order valence-electron chi connectivity index (χ3n) is 8.87. The Morgan fingerprint density at radius 3 is 1.49 bits per heavy atom. The quantitative estimate of drug-likeness (QED) is 0.191. The highest BCUT2D eigenvalue weighted by atomic mass is 32.2. The second kappa shape index (κ2) is 16.3. The maximum atomic E-state index is 13.6. The highest BCUT2D eigenvalue weighted by Crippen LogP contribution is 2.35. The molecule has 0 unspecified atom stereocenters. The highest BCUT2D eigenvalue weighted by Gasteiger charge is 2.40. The molecule has 0 saturated carbocycles. The number of benzene rings is 2. The molecular formula is C40H56N2O8S. The highest BCUT2D eigenvalue weighted by molar-refractivity contribution is 7.99. The van der Waals surface area contributed by atoms with Crippen LogP contribution in [-0.4, -0.2) is 82.0 Å². The Kier molecular flexibility index (Phi) is 12.8. The van der Waals surface area contributed by atoms with Gasteiger partial charge in [-0.05, 0) is 135 Å². The van der Waals surface area contributed by atoms with Crippen molar-refractivity contribution in [1.82, 2.24) is 9.80 Å². The summed E-state index contributed by atoms with van der Waals surface area (Å²) in [5.41, 5.74) is 0.0773. The van der Waals surface area contributed by atoms with Crippen molar-refractivity contribution in [2.75, 3.05) is 26.2 Å². The fraction of sp³-hybridized carbons (Fsp3) is 0.600. The molecule has 280 valence electrons. The summed E-state index contributed by atoms with van der Waals surface area (Å²) in [5.74, 6) is -1.67. The number of nitrogens with zero attached hydrogens (tertiary/aromatic N) is 2. The fourth-order valence-corrected chi connectivity index (χ4v) is 7.64. The van der Waals surface area contributed by atoms with Crippen LogP contribution in [0.2, 0.25) is 0 Å². The summed E-state index contributed by atoms with van der Waals surface area (Å²) in [4.78, 5) is 56.5. The van der Waals surface area contributed by atoms with Gasteiger partial charge in [-0.1, -0.05) is 36.0 Å². The first-order valence-corrected chi connectivity index (χ1v) is 18.7. The number of likely N-dealkylation sites (tertiary alicyclic amines) is 2. The van der Waals surface area contributed by atoms with Crippen LogP contribution in [0.15, 0.2) is 58.3 Å². The number of hydrogen-bond donors (Lipinski definition) is 1. The van der Waals surface area contributed by atoms with Crippen LogP contribution in [0.25, 0.3) is 0 Å². The Bertz CT molecular complexity index is 1560. The number of carbonyl (C=O) groups is 4. The molecule has 2 aromatic rings. The van der Waals surface area contributed by atoms with Crippen molar-refractivity contribution in [2.24, 2.45) is 23.7 Å². The van der Waals surface area contributed by atoms with E-state index in [9.17, 15) is 24.3 Å². The van der Waals surface area contributed by atoms with Crippen molar-refractivity contribution in [3.63, 3.8) is 0 Å². The van der Waals surface area contributed by atoms with Gasteiger partial charge in [0, 0.05) is 36.0 Å². The summed E-state index contributed by atoms with van der Waals surface area (Å²) in [6.45, 7) is 18.3. The fourth-order valence-electron chi connectivity index (χ4n) is 6.65. The van der Waals surface area contributed by atoms with E-state index in [0.717, 1.165) is 20.9 Å². The van der Waals surface area contributed by atoms with E-state index in [1.807, 2.05) is 98.7 Å². The summed E-state index contributed by atoms with van der Waals surface area (Å²) >= 11 is 1.60. The molecule has 2 aliphatic heterocycles. The zero-order chi connectivity index (χ0) is 37.7. The van der Waals surface area contributed by atoms with Gasteiger partial charge in [-0.2, -0.15) is 0 Å². The standard InChI is InChI=1S/C40H56N2O8S/c1-38(2,3)48-34(43)32(28-16-18-41(24-28)36(45)46)22-26-12-10-14-30(20-26)51-31-15-11-13-27(21-31)23-33(35(44)49-39(4,5)6)29-17-19-42(25-29)37(47)50-40(7,8)9/h10-15,20-21,28-29,32-33H,16-19,22-25H2,1-9H3,(H,45,46)/t28-,29-,32-,33-/m0/s1. The lowest BCUT2D eigenvalue weighted by Gasteiger charge is -2.28. The van der Waals surface area contributed by atoms with Gasteiger partial charge >= 0.3 is 24.1 Å². The maximum absolute atomic E-state index is 13.6. The summed E-state index contributed by atoms with van der Waals surface area (Å²) in [6, 6.07) is 16.2. The molecule has 2 amide bonds. The van der Waals surface area contributed by atoms with Gasteiger partial charge in [0.2, 0.25) is 0 Å². The van der Waals surface area contributed by atoms with Crippen LogP contribution >= 0.6 is 11.8 Å². The minimum absolute atomic E-state index is 0.0688. The van der Waals surface area contributed by atoms with E-state index in [4.69, 9.17) is 14.2 Å². The number of rotatable bonds is 10. The molecule has 0 spiro atoms. The molecule has 10 nitrogen and oxygen atoms in total. The lowest BCUT2D eigenvalue weighted by Crippen LogP contribution is -2.38. The molecule has 0 bridgehead atoms. The lowest BCUT2D eigenvalue weighted by molar-refractivity contribution is -0.163. The minimum Gasteiger partial charge on any atom is -0.465 e. The minimum atomic E-state index is -0.968. The molecule has 1 N–H and O–H groups in total. The third-order valence-corrected chi connectivity index (χ3v) is 9.85. The molecule has 2 saturated heterocycles. The van der Waals surface area contributed by atoms with E-state index in [1.165, 1.54) is 4.90 Å². The topological polar surface area (TPSA) is 123 Å². The van der Waals surface area contributed by atoms with Crippen LogP contribution in [0.5, 0.6) is 0 Å². The molecule has 51 heavy (non-hydrogen) atoms. The predicted octanol–water partition coefficient (Wildman–Crippen LogP) is 8.10. The average Bonchev–Trinajstić information content (AvgIpc) is 3.67. The monoisotopic (exact) mass is 724 g/mol. The zero-order valence-electron chi connectivity index (χ0n) is 31.7. The van der Waals surface area contributed by atoms with Gasteiger partial charge in [0.25, 0.3) is 0 Å². The van der Waals surface area contributed by atoms with Gasteiger partial charge in [-0.15, -0.1) is 0 Å². The first kappa shape index (κ1) is 40.0. The Morgan fingerprint density at radius 2 is 1.10 bits per heavy atom. The maximum Gasteiger partial charge on any atom is 0.410 e. The Labute approximate surface area is 307 Å². The van der Waals surface area contributed by atoms with E-state index in [-0.39, 0.29) is 29.9 Å². The van der Waals surface area contributed by atoms with Gasteiger partial charge in [0.05, 0.1) is 11.8 Å². The van der Waals surface area contributed by atoms with Crippen LogP contribution in [0.3, 0.4) is 0 Å². The molecule has 2 heterocycles. The normalized spacial score (nSPS) is 19.4. The number of carbonyl (C=O) groups excluding carboxylic acids is 3. The van der Waals surface area contributed by atoms with Gasteiger partial charge in [-0.3, -0.25) is 9.59 Å². The van der Waals surface area contributed by atoms with E-state index in [0.29, 0.717) is 51.9 Å². The van der Waals surface area contributed by atoms with Gasteiger partial charge in [0.1, 0.15) is 16.8 Å². The summed E-state index contributed by atoms with van der Waals surface area (Å²) < 4.78 is 17.3. The average molecular weight is 725 g/mol. The van der Waals surface area contributed by atoms with E-state index >= 15 is 0 Å². The molecule has 0 aromatic heterocycles. The van der Waals surface area contributed by atoms with Crippen molar-refractivity contribution >= 4 is 35.9 Å². The molecule has 11 heteroatoms. The molecule has 4 atom stereocenters. The van der Waals surface area contributed by atoms with Crippen LogP contribution in [-0.2, 0) is 36.6 Å². The molecule has 2 fully saturated rings. The summed E-state index contributed by atoms with van der Waals surface area (Å²) in [7, 11) is 0. The van der Waals surface area contributed by atoms with Crippen molar-refractivity contribution in [3.8, 4) is 0 Å². The largest absolute Gasteiger partial charge is 0.465 e. The second-order valence-electron chi connectivity index (χ2n) is 16.8. The number of amides is 2. The predicted molar refractivity (Wildman–Crippen MR) is 197 cm³/mol. The molecule has 4 rings (SSSR count). The third kappa shape index (κ3) is 12.5. The SMILES string of the molecule is CC(C)(C)OC(=O)[C@@H](Cc1cccc(Sc2cccc(C[C@H](C(=O)OC(C)(C)C)[C@H]3CCN(C(=O)OC(C)(C)C)C3)c2)c1)[C@H]1CCN(C(=O)O)C1. The Morgan fingerprint density at radius 1 is 0.686 bits per heavy atom.